The van der Waals surface area contributed by atoms with Crippen LogP contribution in [0.5, 0.6) is 0 Å². The third kappa shape index (κ3) is 4.65. The number of pyridine rings is 1. The van der Waals surface area contributed by atoms with Gasteiger partial charge in [0.2, 0.25) is 0 Å². The molecule has 0 spiro atoms. The van der Waals surface area contributed by atoms with Crippen molar-refractivity contribution in [2.75, 3.05) is 0 Å². The molecule has 2 rings (SSSR count). The highest BCUT2D eigenvalue weighted by atomic mass is 16.7. The summed E-state index contributed by atoms with van der Waals surface area (Å²) in [6, 6.07) is 16.7. The molecule has 2 unspecified atom stereocenters. The molecule has 0 fully saturated rings. The van der Waals surface area contributed by atoms with Crippen molar-refractivity contribution >= 4 is 0 Å². The number of benzene rings is 1. The van der Waals surface area contributed by atoms with Crippen LogP contribution in [0.15, 0.2) is 54.7 Å². The molecule has 3 nitrogen and oxygen atoms in total. The molecule has 0 aliphatic rings. The van der Waals surface area contributed by atoms with Crippen LogP contribution in [-0.4, -0.2) is 15.6 Å². The Bertz CT molecular complexity index is 605. The van der Waals surface area contributed by atoms with Crippen LogP contribution < -0.4 is 0 Å². The Morgan fingerprint density at radius 2 is 1.54 bits per heavy atom. The van der Waals surface area contributed by atoms with Gasteiger partial charge in [-0.2, -0.15) is 5.06 Å². The second-order valence-electron chi connectivity index (χ2n) is 7.60. The average Bonchev–Trinajstić information content (AvgIpc) is 2.55. The molecule has 0 radical (unpaired) electrons. The second-order valence-corrected chi connectivity index (χ2v) is 7.60. The maximum atomic E-state index is 6.45. The minimum absolute atomic E-state index is 0.101. The lowest BCUT2D eigenvalue weighted by molar-refractivity contribution is -0.273. The largest absolute Gasteiger partial charge is 0.288 e. The second kappa shape index (κ2) is 7.91. The first kappa shape index (κ1) is 18.6. The van der Waals surface area contributed by atoms with Crippen molar-refractivity contribution in [1.82, 2.24) is 10.0 Å². The summed E-state index contributed by atoms with van der Waals surface area (Å²) < 4.78 is 0. The molecule has 3 heteroatoms. The number of aromatic nitrogens is 1. The number of hydrogen-bond donors (Lipinski definition) is 0. The van der Waals surface area contributed by atoms with E-state index >= 15 is 0 Å². The highest BCUT2D eigenvalue weighted by Crippen LogP contribution is 2.36. The van der Waals surface area contributed by atoms with Crippen LogP contribution in [0.4, 0.5) is 0 Å². The van der Waals surface area contributed by atoms with Crippen LogP contribution >= 0.6 is 0 Å². The molecular weight excluding hydrogens is 296 g/mol. The van der Waals surface area contributed by atoms with Crippen LogP contribution in [0.2, 0.25) is 0 Å². The van der Waals surface area contributed by atoms with E-state index in [-0.39, 0.29) is 17.7 Å². The zero-order chi connectivity index (χ0) is 17.7. The van der Waals surface area contributed by atoms with Gasteiger partial charge in [-0.25, -0.2) is 0 Å². The molecule has 130 valence electrons. The van der Waals surface area contributed by atoms with Crippen LogP contribution in [-0.2, 0) is 4.84 Å². The lowest BCUT2D eigenvalue weighted by Gasteiger charge is -2.43. The first-order valence-electron chi connectivity index (χ1n) is 8.72. The summed E-state index contributed by atoms with van der Waals surface area (Å²) in [5.41, 5.74) is 2.09. The fraction of sp³-hybridized carbons (Fsp3) is 0.476. The first-order valence-corrected chi connectivity index (χ1v) is 8.72. The van der Waals surface area contributed by atoms with E-state index in [0.717, 1.165) is 5.69 Å². The summed E-state index contributed by atoms with van der Waals surface area (Å²) in [7, 11) is 0. The van der Waals surface area contributed by atoms with Crippen molar-refractivity contribution in [2.24, 2.45) is 5.92 Å². The molecule has 0 aliphatic carbocycles. The molecule has 0 saturated carbocycles. The van der Waals surface area contributed by atoms with Gasteiger partial charge in [0.15, 0.2) is 0 Å². The summed E-state index contributed by atoms with van der Waals surface area (Å²) in [6.07, 6.45) is 1.71. The Morgan fingerprint density at radius 1 is 0.917 bits per heavy atom. The van der Waals surface area contributed by atoms with Crippen molar-refractivity contribution in [3.05, 3.63) is 66.0 Å². The van der Waals surface area contributed by atoms with Gasteiger partial charge in [-0.1, -0.05) is 50.2 Å². The summed E-state index contributed by atoms with van der Waals surface area (Å²) >= 11 is 0. The predicted octanol–water partition coefficient (Wildman–Crippen LogP) is 5.57. The first-order chi connectivity index (χ1) is 11.3. The lowest BCUT2D eigenvalue weighted by Crippen LogP contribution is -2.46. The van der Waals surface area contributed by atoms with Gasteiger partial charge in [-0.15, -0.1) is 0 Å². The predicted molar refractivity (Wildman–Crippen MR) is 99.4 cm³/mol. The van der Waals surface area contributed by atoms with E-state index in [0.29, 0.717) is 5.92 Å². The van der Waals surface area contributed by atoms with E-state index in [1.54, 1.807) is 0 Å². The fourth-order valence-corrected chi connectivity index (χ4v) is 2.92. The van der Waals surface area contributed by atoms with Crippen molar-refractivity contribution in [2.45, 2.75) is 59.2 Å². The lowest BCUT2D eigenvalue weighted by atomic mass is 9.92. The number of hydroxylamine groups is 2. The molecule has 24 heavy (non-hydrogen) atoms. The molecule has 0 saturated heterocycles. The molecule has 0 bridgehead atoms. The normalized spacial score (nSPS) is 14.8. The summed E-state index contributed by atoms with van der Waals surface area (Å²) in [6.45, 7) is 13.1. The van der Waals surface area contributed by atoms with Gasteiger partial charge in [-0.3, -0.25) is 9.82 Å². The zero-order valence-corrected chi connectivity index (χ0v) is 15.7. The minimum atomic E-state index is -0.131. The molecule has 2 atom stereocenters. The van der Waals surface area contributed by atoms with Gasteiger partial charge >= 0.3 is 0 Å². The Labute approximate surface area is 146 Å². The van der Waals surface area contributed by atoms with Crippen molar-refractivity contribution < 1.29 is 4.84 Å². The molecule has 0 aliphatic heterocycles. The quantitative estimate of drug-likeness (QED) is 0.649. The molecule has 2 aromatic rings. The molecular formula is C21H30N2O. The Hall–Kier alpha value is -1.71. The van der Waals surface area contributed by atoms with Crippen LogP contribution in [0, 0.1) is 5.92 Å². The monoisotopic (exact) mass is 326 g/mol. The third-order valence-electron chi connectivity index (χ3n) is 4.06. The van der Waals surface area contributed by atoms with Crippen molar-refractivity contribution in [3.63, 3.8) is 0 Å². The Morgan fingerprint density at radius 3 is 2.04 bits per heavy atom. The van der Waals surface area contributed by atoms with Gasteiger partial charge in [-0.05, 0) is 51.3 Å². The molecule has 0 amide bonds. The van der Waals surface area contributed by atoms with Gasteiger partial charge in [0, 0.05) is 11.7 Å². The average molecular weight is 326 g/mol. The standard InChI is InChI=1S/C21H30N2O/c1-16(2)20(18-12-8-7-9-13-18)23(21(4,5)6)24-17(3)19-14-10-11-15-22-19/h7-17,20H,1-6H3. The van der Waals surface area contributed by atoms with E-state index in [4.69, 9.17) is 4.84 Å². The van der Waals surface area contributed by atoms with E-state index in [1.165, 1.54) is 5.56 Å². The fourth-order valence-electron chi connectivity index (χ4n) is 2.92. The van der Waals surface area contributed by atoms with E-state index in [9.17, 15) is 0 Å². The van der Waals surface area contributed by atoms with Gasteiger partial charge in [0.25, 0.3) is 0 Å². The maximum Gasteiger partial charge on any atom is 0.118 e. The van der Waals surface area contributed by atoms with Crippen molar-refractivity contribution in [1.29, 1.82) is 0 Å². The van der Waals surface area contributed by atoms with E-state index < -0.39 is 0 Å². The van der Waals surface area contributed by atoms with Gasteiger partial charge in [0.05, 0.1) is 11.7 Å². The molecule has 1 heterocycles. The SMILES string of the molecule is CC(ON(C(c1ccccc1)C(C)C)C(C)(C)C)c1ccccn1. The summed E-state index contributed by atoms with van der Waals surface area (Å²) in [4.78, 5) is 10.9. The topological polar surface area (TPSA) is 25.4 Å². The number of hydrogen-bond acceptors (Lipinski definition) is 3. The number of nitrogens with zero attached hydrogens (tertiary/aromatic N) is 2. The Kier molecular flexibility index (Phi) is 6.14. The summed E-state index contributed by atoms with van der Waals surface area (Å²) in [5, 5.41) is 2.15. The van der Waals surface area contributed by atoms with Crippen molar-refractivity contribution in [3.8, 4) is 0 Å². The minimum Gasteiger partial charge on any atom is -0.288 e. The molecule has 1 aromatic carbocycles. The van der Waals surface area contributed by atoms with Crippen LogP contribution in [0.3, 0.4) is 0 Å². The van der Waals surface area contributed by atoms with E-state index in [2.05, 4.69) is 81.9 Å². The third-order valence-corrected chi connectivity index (χ3v) is 4.06. The summed E-state index contributed by atoms with van der Waals surface area (Å²) in [5.74, 6) is 0.419. The van der Waals surface area contributed by atoms with Crippen LogP contribution in [0.1, 0.15) is 64.9 Å². The number of rotatable bonds is 6. The maximum absolute atomic E-state index is 6.45. The van der Waals surface area contributed by atoms with Gasteiger partial charge < -0.3 is 0 Å². The van der Waals surface area contributed by atoms with Gasteiger partial charge in [0.1, 0.15) is 6.10 Å². The molecule has 0 N–H and O–H groups in total. The Balaban J connectivity index is 2.33. The zero-order valence-electron chi connectivity index (χ0n) is 15.7. The smallest absolute Gasteiger partial charge is 0.118 e. The van der Waals surface area contributed by atoms with E-state index in [1.807, 2.05) is 24.4 Å². The van der Waals surface area contributed by atoms with Crippen LogP contribution in [0.25, 0.3) is 0 Å². The highest BCUT2D eigenvalue weighted by molar-refractivity contribution is 5.20. The molecule has 1 aromatic heterocycles. The highest BCUT2D eigenvalue weighted by Gasteiger charge is 2.34.